The fraction of sp³-hybridized carbons (Fsp3) is 0.182. The molecule has 1 aromatic carbocycles. The zero-order valence-corrected chi connectivity index (χ0v) is 9.38. The number of benzene rings is 1. The average Bonchev–Trinajstić information content (AvgIpc) is 2.31. The molecule has 0 unspecified atom stereocenters. The van der Waals surface area contributed by atoms with Crippen molar-refractivity contribution in [3.05, 3.63) is 44.9 Å². The Morgan fingerprint density at radius 1 is 1.39 bits per heavy atom. The Bertz CT molecular complexity index is 760. The van der Waals surface area contributed by atoms with E-state index in [1.54, 1.807) is 0 Å². The van der Waals surface area contributed by atoms with E-state index in [1.165, 1.54) is 19.2 Å². The number of halogens is 1. The van der Waals surface area contributed by atoms with Gasteiger partial charge in [-0.1, -0.05) is 6.07 Å². The highest BCUT2D eigenvalue weighted by molar-refractivity contribution is 5.78. The molecule has 0 radical (unpaired) electrons. The Hall–Kier alpha value is -2.44. The highest BCUT2D eigenvalue weighted by Crippen LogP contribution is 2.11. The van der Waals surface area contributed by atoms with E-state index in [1.807, 2.05) is 0 Å². The fourth-order valence-electron chi connectivity index (χ4n) is 1.78. The number of hydrogen-bond donors (Lipinski definition) is 1. The lowest BCUT2D eigenvalue weighted by Crippen LogP contribution is -2.41. The highest BCUT2D eigenvalue weighted by atomic mass is 19.1. The van der Waals surface area contributed by atoms with Gasteiger partial charge in [-0.2, -0.15) is 0 Å². The molecular weight excluding hydrogens is 243 g/mol. The van der Waals surface area contributed by atoms with Crippen molar-refractivity contribution in [2.75, 3.05) is 0 Å². The van der Waals surface area contributed by atoms with Crippen LogP contribution in [0.2, 0.25) is 0 Å². The molecule has 0 spiro atoms. The molecule has 2 aromatic rings. The number of aromatic nitrogens is 2. The summed E-state index contributed by atoms with van der Waals surface area (Å²) in [5.41, 5.74) is -1.60. The van der Waals surface area contributed by atoms with E-state index in [0.29, 0.717) is 4.57 Å². The fourth-order valence-corrected chi connectivity index (χ4v) is 1.78. The molecule has 2 rings (SSSR count). The van der Waals surface area contributed by atoms with Crippen molar-refractivity contribution in [3.8, 4) is 0 Å². The molecule has 1 N–H and O–H groups in total. The van der Waals surface area contributed by atoms with Gasteiger partial charge in [-0.25, -0.2) is 13.8 Å². The summed E-state index contributed by atoms with van der Waals surface area (Å²) in [5.74, 6) is -2.13. The van der Waals surface area contributed by atoms with Crippen molar-refractivity contribution < 1.29 is 14.3 Å². The van der Waals surface area contributed by atoms with Gasteiger partial charge >= 0.3 is 11.7 Å². The van der Waals surface area contributed by atoms with Crippen LogP contribution >= 0.6 is 0 Å². The van der Waals surface area contributed by atoms with Crippen LogP contribution in [-0.2, 0) is 18.4 Å². The summed E-state index contributed by atoms with van der Waals surface area (Å²) in [5, 5.41) is 8.36. The van der Waals surface area contributed by atoms with Crippen molar-refractivity contribution in [2.45, 2.75) is 6.54 Å². The molecule has 6 nitrogen and oxygen atoms in total. The van der Waals surface area contributed by atoms with Crippen LogP contribution < -0.4 is 11.2 Å². The van der Waals surface area contributed by atoms with E-state index >= 15 is 0 Å². The first-order chi connectivity index (χ1) is 8.43. The van der Waals surface area contributed by atoms with Crippen molar-refractivity contribution in [2.24, 2.45) is 7.05 Å². The van der Waals surface area contributed by atoms with E-state index in [2.05, 4.69) is 0 Å². The van der Waals surface area contributed by atoms with Gasteiger partial charge in [-0.3, -0.25) is 14.2 Å². The first-order valence-electron chi connectivity index (χ1n) is 5.03. The predicted octanol–water partition coefficient (Wildman–Crippen LogP) is -0.0761. The number of fused-ring (bicyclic) bond motifs is 1. The van der Waals surface area contributed by atoms with Crippen molar-refractivity contribution >= 4 is 16.9 Å². The lowest BCUT2D eigenvalue weighted by molar-refractivity contribution is -0.137. The molecule has 18 heavy (non-hydrogen) atoms. The van der Waals surface area contributed by atoms with Crippen LogP contribution in [-0.4, -0.2) is 20.2 Å². The normalized spacial score (nSPS) is 10.8. The average molecular weight is 252 g/mol. The number of rotatable bonds is 2. The maximum Gasteiger partial charge on any atom is 0.331 e. The Kier molecular flexibility index (Phi) is 2.74. The first kappa shape index (κ1) is 12.0. The molecule has 0 aliphatic carbocycles. The number of aliphatic carboxylic acids is 1. The van der Waals surface area contributed by atoms with Crippen molar-refractivity contribution in [1.82, 2.24) is 9.13 Å². The second-order valence-corrected chi connectivity index (χ2v) is 3.76. The Morgan fingerprint density at radius 2 is 2.06 bits per heavy atom. The lowest BCUT2D eigenvalue weighted by Gasteiger charge is -2.09. The number of hydrogen-bond acceptors (Lipinski definition) is 3. The third-order valence-electron chi connectivity index (χ3n) is 2.62. The molecule has 0 amide bonds. The van der Waals surface area contributed by atoms with Gasteiger partial charge in [-0.15, -0.1) is 0 Å². The van der Waals surface area contributed by atoms with Crippen LogP contribution in [0.25, 0.3) is 10.9 Å². The van der Waals surface area contributed by atoms with Crippen LogP contribution in [0.5, 0.6) is 0 Å². The summed E-state index contributed by atoms with van der Waals surface area (Å²) >= 11 is 0. The molecule has 1 aromatic heterocycles. The smallest absolute Gasteiger partial charge is 0.331 e. The first-order valence-corrected chi connectivity index (χ1v) is 5.03. The maximum atomic E-state index is 13.6. The Labute approximate surface area is 99.5 Å². The molecule has 0 fully saturated rings. The molecule has 0 aliphatic rings. The van der Waals surface area contributed by atoms with Crippen LogP contribution in [0, 0.1) is 5.82 Å². The standard InChI is InChI=1S/C11H9FN2O4/c1-13-7-4-2-3-6(12)9(7)10(17)14(11(13)18)5-8(15)16/h2-4H,5H2,1H3,(H,15,16). The van der Waals surface area contributed by atoms with Crippen LogP contribution in [0.3, 0.4) is 0 Å². The van der Waals surface area contributed by atoms with Crippen molar-refractivity contribution in [1.29, 1.82) is 0 Å². The largest absolute Gasteiger partial charge is 0.480 e. The second kappa shape index (κ2) is 4.10. The van der Waals surface area contributed by atoms with Gasteiger partial charge in [0.15, 0.2) is 0 Å². The van der Waals surface area contributed by atoms with E-state index < -0.39 is 29.6 Å². The highest BCUT2D eigenvalue weighted by Gasteiger charge is 2.15. The van der Waals surface area contributed by atoms with E-state index in [0.717, 1.165) is 10.6 Å². The summed E-state index contributed by atoms with van der Waals surface area (Å²) in [4.78, 5) is 34.3. The predicted molar refractivity (Wildman–Crippen MR) is 61.0 cm³/mol. The van der Waals surface area contributed by atoms with Gasteiger partial charge in [0.25, 0.3) is 5.56 Å². The molecule has 0 saturated heterocycles. The zero-order chi connectivity index (χ0) is 13.4. The van der Waals surface area contributed by atoms with Gasteiger partial charge < -0.3 is 5.11 Å². The summed E-state index contributed by atoms with van der Waals surface area (Å²) in [7, 11) is 1.35. The lowest BCUT2D eigenvalue weighted by atomic mass is 10.2. The van der Waals surface area contributed by atoms with Gasteiger partial charge in [0, 0.05) is 7.05 Å². The summed E-state index contributed by atoms with van der Waals surface area (Å²) < 4.78 is 15.1. The number of nitrogens with zero attached hydrogens (tertiary/aromatic N) is 2. The number of aryl methyl sites for hydroxylation is 1. The number of carboxylic acid groups (broad SMARTS) is 1. The quantitative estimate of drug-likeness (QED) is 0.810. The Morgan fingerprint density at radius 3 is 2.67 bits per heavy atom. The van der Waals surface area contributed by atoms with E-state index in [-0.39, 0.29) is 10.9 Å². The van der Waals surface area contributed by atoms with E-state index in [9.17, 15) is 18.8 Å². The minimum Gasteiger partial charge on any atom is -0.480 e. The van der Waals surface area contributed by atoms with Crippen LogP contribution in [0.1, 0.15) is 0 Å². The molecule has 0 saturated carbocycles. The van der Waals surface area contributed by atoms with Crippen LogP contribution in [0.15, 0.2) is 27.8 Å². The monoisotopic (exact) mass is 252 g/mol. The van der Waals surface area contributed by atoms with Gasteiger partial charge in [0.2, 0.25) is 0 Å². The van der Waals surface area contributed by atoms with E-state index in [4.69, 9.17) is 5.11 Å². The third-order valence-corrected chi connectivity index (χ3v) is 2.62. The molecule has 0 bridgehead atoms. The SMILES string of the molecule is Cn1c(=O)n(CC(=O)O)c(=O)c2c(F)cccc21. The summed E-state index contributed by atoms with van der Waals surface area (Å²) in [6.07, 6.45) is 0. The van der Waals surface area contributed by atoms with Crippen molar-refractivity contribution in [3.63, 3.8) is 0 Å². The summed E-state index contributed by atoms with van der Waals surface area (Å²) in [6.45, 7) is -0.796. The third kappa shape index (κ3) is 1.69. The maximum absolute atomic E-state index is 13.6. The second-order valence-electron chi connectivity index (χ2n) is 3.76. The van der Waals surface area contributed by atoms with Crippen LogP contribution in [0.4, 0.5) is 4.39 Å². The molecule has 7 heteroatoms. The molecule has 0 aliphatic heterocycles. The van der Waals surface area contributed by atoms with Gasteiger partial charge in [0.05, 0.1) is 10.9 Å². The molecular formula is C11H9FN2O4. The Balaban J connectivity index is 2.99. The molecule has 1 heterocycles. The van der Waals surface area contributed by atoms with Gasteiger partial charge in [0.1, 0.15) is 12.4 Å². The number of carboxylic acids is 1. The zero-order valence-electron chi connectivity index (χ0n) is 9.38. The molecule has 0 atom stereocenters. The summed E-state index contributed by atoms with van der Waals surface area (Å²) in [6, 6.07) is 3.88. The minimum atomic E-state index is -1.34. The topological polar surface area (TPSA) is 81.3 Å². The number of carbonyl (C=O) groups is 1. The minimum absolute atomic E-state index is 0.131. The molecule has 94 valence electrons. The van der Waals surface area contributed by atoms with Gasteiger partial charge in [-0.05, 0) is 12.1 Å².